The first-order valence-corrected chi connectivity index (χ1v) is 9.32. The van der Waals surface area contributed by atoms with E-state index >= 15 is 0 Å². The second-order valence-corrected chi connectivity index (χ2v) is 7.05. The lowest BCUT2D eigenvalue weighted by Crippen LogP contribution is -2.05. The monoisotopic (exact) mass is 386 g/mol. The summed E-state index contributed by atoms with van der Waals surface area (Å²) in [4.78, 5) is 21.6. The molecule has 0 atom stereocenters. The molecule has 130 valence electrons. The molecule has 3 heterocycles. The molecule has 0 aliphatic rings. The molecule has 3 aromatic heterocycles. The Morgan fingerprint density at radius 1 is 1.15 bits per heavy atom. The molecule has 5 nitrogen and oxygen atoms in total. The predicted molar refractivity (Wildman–Crippen MR) is 96.4 cm³/mol. The minimum Gasteiger partial charge on any atom is -0.454 e. The van der Waals surface area contributed by atoms with Crippen molar-refractivity contribution in [1.82, 2.24) is 9.97 Å². The molecule has 0 aliphatic carbocycles. The Labute approximate surface area is 155 Å². The third-order valence-electron chi connectivity index (χ3n) is 3.44. The maximum Gasteiger partial charge on any atom is 0.358 e. The van der Waals surface area contributed by atoms with Gasteiger partial charge in [-0.1, -0.05) is 6.07 Å². The molecule has 0 amide bonds. The number of aromatic nitrogens is 2. The van der Waals surface area contributed by atoms with Gasteiger partial charge in [0, 0.05) is 10.9 Å². The highest BCUT2D eigenvalue weighted by Gasteiger charge is 2.15. The third-order valence-corrected chi connectivity index (χ3v) is 5.19. The average Bonchev–Trinajstić information content (AvgIpc) is 3.41. The van der Waals surface area contributed by atoms with Crippen molar-refractivity contribution < 1.29 is 18.3 Å². The van der Waals surface area contributed by atoms with Gasteiger partial charge < -0.3 is 9.15 Å². The van der Waals surface area contributed by atoms with Gasteiger partial charge in [0.25, 0.3) is 0 Å². The summed E-state index contributed by atoms with van der Waals surface area (Å²) in [6.07, 6.45) is 1.47. The number of oxazole rings is 1. The van der Waals surface area contributed by atoms with E-state index in [2.05, 4.69) is 9.97 Å². The Morgan fingerprint density at radius 2 is 2.00 bits per heavy atom. The van der Waals surface area contributed by atoms with Gasteiger partial charge in [-0.15, -0.1) is 22.7 Å². The number of carbonyl (C=O) groups excluding carboxylic acids is 1. The van der Waals surface area contributed by atoms with Gasteiger partial charge in [-0.3, -0.25) is 0 Å². The normalized spacial score (nSPS) is 10.8. The van der Waals surface area contributed by atoms with Crippen LogP contribution in [0, 0.1) is 5.82 Å². The number of carbonyl (C=O) groups is 1. The summed E-state index contributed by atoms with van der Waals surface area (Å²) in [5.41, 5.74) is 1.47. The molecule has 0 saturated carbocycles. The summed E-state index contributed by atoms with van der Waals surface area (Å²) < 4.78 is 23.6. The highest BCUT2D eigenvalue weighted by Crippen LogP contribution is 2.25. The van der Waals surface area contributed by atoms with Gasteiger partial charge in [-0.2, -0.15) is 0 Å². The Morgan fingerprint density at radius 3 is 2.77 bits per heavy atom. The number of thiazole rings is 1. The molecule has 0 spiro atoms. The molecule has 0 aliphatic heterocycles. The SMILES string of the molecule is O=C(OCc1coc(-c2cccs2)n1)c1csc(-c2ccc(F)cc2)n1. The molecule has 0 saturated heterocycles. The van der Waals surface area contributed by atoms with E-state index in [0.717, 1.165) is 10.4 Å². The standard InChI is InChI=1S/C18H11FN2O3S2/c19-12-5-3-11(4-6-12)17-21-14(10-26-17)18(22)24-9-13-8-23-16(20-13)15-2-1-7-25-15/h1-8,10H,9H2. The van der Waals surface area contributed by atoms with Crippen molar-refractivity contribution in [3.8, 4) is 21.3 Å². The van der Waals surface area contributed by atoms with Crippen molar-refractivity contribution in [2.24, 2.45) is 0 Å². The number of benzene rings is 1. The number of ether oxygens (including phenoxy) is 1. The third kappa shape index (κ3) is 3.56. The maximum absolute atomic E-state index is 13.0. The fourth-order valence-electron chi connectivity index (χ4n) is 2.19. The van der Waals surface area contributed by atoms with E-state index in [9.17, 15) is 9.18 Å². The molecule has 0 N–H and O–H groups in total. The average molecular weight is 386 g/mol. The van der Waals surface area contributed by atoms with Gasteiger partial charge in [-0.25, -0.2) is 19.2 Å². The maximum atomic E-state index is 13.0. The van der Waals surface area contributed by atoms with Gasteiger partial charge >= 0.3 is 5.97 Å². The van der Waals surface area contributed by atoms with Gasteiger partial charge in [0.2, 0.25) is 5.89 Å². The zero-order chi connectivity index (χ0) is 17.9. The molecular weight excluding hydrogens is 375 g/mol. The molecule has 0 unspecified atom stereocenters. The second kappa shape index (κ2) is 7.19. The van der Waals surface area contributed by atoms with Crippen LogP contribution < -0.4 is 0 Å². The molecule has 0 bridgehead atoms. The van der Waals surface area contributed by atoms with Crippen LogP contribution in [0.1, 0.15) is 16.2 Å². The molecular formula is C18H11FN2O3S2. The Kier molecular flexibility index (Phi) is 4.59. The Balaban J connectivity index is 1.40. The highest BCUT2D eigenvalue weighted by atomic mass is 32.1. The van der Waals surface area contributed by atoms with Crippen LogP contribution in [0.3, 0.4) is 0 Å². The van der Waals surface area contributed by atoms with E-state index in [0.29, 0.717) is 16.6 Å². The number of halogens is 1. The van der Waals surface area contributed by atoms with Crippen molar-refractivity contribution in [1.29, 1.82) is 0 Å². The number of esters is 1. The van der Waals surface area contributed by atoms with Crippen molar-refractivity contribution >= 4 is 28.6 Å². The minimum atomic E-state index is -0.546. The van der Waals surface area contributed by atoms with Gasteiger partial charge in [0.05, 0.1) is 4.88 Å². The fourth-order valence-corrected chi connectivity index (χ4v) is 3.64. The Bertz CT molecular complexity index is 1020. The summed E-state index contributed by atoms with van der Waals surface area (Å²) >= 11 is 2.81. The second-order valence-electron chi connectivity index (χ2n) is 5.24. The van der Waals surface area contributed by atoms with Crippen LogP contribution in [0.4, 0.5) is 4.39 Å². The lowest BCUT2D eigenvalue weighted by atomic mass is 10.2. The van der Waals surface area contributed by atoms with Crippen molar-refractivity contribution in [3.05, 3.63) is 70.6 Å². The number of nitrogens with zero attached hydrogens (tertiary/aromatic N) is 2. The fraction of sp³-hybridized carbons (Fsp3) is 0.0556. The molecule has 0 fully saturated rings. The van der Waals surface area contributed by atoms with Crippen LogP contribution in [0.2, 0.25) is 0 Å². The number of rotatable bonds is 5. The van der Waals surface area contributed by atoms with Gasteiger partial charge in [0.15, 0.2) is 5.69 Å². The zero-order valence-corrected chi connectivity index (χ0v) is 14.8. The van der Waals surface area contributed by atoms with E-state index < -0.39 is 5.97 Å². The Hall–Kier alpha value is -2.84. The number of thiophene rings is 1. The lowest BCUT2D eigenvalue weighted by molar-refractivity contribution is 0.0462. The minimum absolute atomic E-state index is 0.00286. The predicted octanol–water partition coefficient (Wildman–Crippen LogP) is 5.02. The molecule has 8 heteroatoms. The zero-order valence-electron chi connectivity index (χ0n) is 13.2. The molecule has 0 radical (unpaired) electrons. The van der Waals surface area contributed by atoms with Crippen molar-refractivity contribution in [2.45, 2.75) is 6.61 Å². The molecule has 26 heavy (non-hydrogen) atoms. The van der Waals surface area contributed by atoms with Crippen LogP contribution in [-0.2, 0) is 11.3 Å². The van der Waals surface area contributed by atoms with E-state index in [1.165, 1.54) is 41.1 Å². The molecule has 4 aromatic rings. The summed E-state index contributed by atoms with van der Waals surface area (Å²) in [5.74, 6) is -0.368. The first-order valence-electron chi connectivity index (χ1n) is 7.56. The summed E-state index contributed by atoms with van der Waals surface area (Å²) in [5, 5.41) is 4.17. The van der Waals surface area contributed by atoms with Gasteiger partial charge in [-0.05, 0) is 35.7 Å². The van der Waals surface area contributed by atoms with E-state index in [1.54, 1.807) is 17.5 Å². The quantitative estimate of drug-likeness (QED) is 0.451. The van der Waals surface area contributed by atoms with Crippen molar-refractivity contribution in [2.75, 3.05) is 0 Å². The number of hydrogen-bond acceptors (Lipinski definition) is 7. The van der Waals surface area contributed by atoms with Crippen LogP contribution in [0.15, 0.2) is 57.8 Å². The lowest BCUT2D eigenvalue weighted by Gasteiger charge is -1.99. The van der Waals surface area contributed by atoms with Gasteiger partial charge in [0.1, 0.15) is 29.4 Å². The summed E-state index contributed by atoms with van der Waals surface area (Å²) in [7, 11) is 0. The highest BCUT2D eigenvalue weighted by molar-refractivity contribution is 7.13. The van der Waals surface area contributed by atoms with Crippen LogP contribution in [-0.4, -0.2) is 15.9 Å². The van der Waals surface area contributed by atoms with Crippen LogP contribution in [0.5, 0.6) is 0 Å². The van der Waals surface area contributed by atoms with E-state index in [1.807, 2.05) is 17.5 Å². The summed E-state index contributed by atoms with van der Waals surface area (Å²) in [6, 6.07) is 9.74. The first kappa shape index (κ1) is 16.6. The largest absolute Gasteiger partial charge is 0.454 e. The van der Waals surface area contributed by atoms with E-state index in [-0.39, 0.29) is 18.1 Å². The van der Waals surface area contributed by atoms with Crippen molar-refractivity contribution in [3.63, 3.8) is 0 Å². The van der Waals surface area contributed by atoms with Crippen LogP contribution >= 0.6 is 22.7 Å². The summed E-state index contributed by atoms with van der Waals surface area (Å²) in [6.45, 7) is -0.00286. The smallest absolute Gasteiger partial charge is 0.358 e. The van der Waals surface area contributed by atoms with Crippen LogP contribution in [0.25, 0.3) is 21.3 Å². The van der Waals surface area contributed by atoms with E-state index in [4.69, 9.17) is 9.15 Å². The number of hydrogen-bond donors (Lipinski definition) is 0. The molecule has 4 rings (SSSR count). The topological polar surface area (TPSA) is 65.2 Å². The molecule has 1 aromatic carbocycles. The first-order chi connectivity index (χ1) is 12.7.